The summed E-state index contributed by atoms with van der Waals surface area (Å²) in [6.45, 7) is 0.487. The van der Waals surface area contributed by atoms with Crippen molar-refractivity contribution >= 4 is 17.5 Å². The molecule has 0 aromatic heterocycles. The Kier molecular flexibility index (Phi) is 4.34. The number of carbonyl (C=O) groups excluding carboxylic acids is 1. The minimum atomic E-state index is -0.198. The SMILES string of the molecule is COC(CNC(=O)C12CC3CC(CC(C3)C1)C2)c1ccccc1Cl. The molecular formula is C20H26ClNO2. The van der Waals surface area contributed by atoms with Crippen LogP contribution in [0.15, 0.2) is 24.3 Å². The average Bonchev–Trinajstić information content (AvgIpc) is 2.55. The first-order valence-corrected chi connectivity index (χ1v) is 9.53. The Morgan fingerprint density at radius 1 is 1.21 bits per heavy atom. The maximum absolute atomic E-state index is 13.0. The van der Waals surface area contributed by atoms with E-state index in [0.717, 1.165) is 42.6 Å². The molecule has 4 fully saturated rings. The number of hydrogen-bond donors (Lipinski definition) is 1. The van der Waals surface area contributed by atoms with E-state index in [1.165, 1.54) is 19.3 Å². The van der Waals surface area contributed by atoms with Crippen molar-refractivity contribution in [1.82, 2.24) is 5.32 Å². The lowest BCUT2D eigenvalue weighted by atomic mass is 9.49. The third-order valence-electron chi connectivity index (χ3n) is 6.50. The molecule has 4 aliphatic carbocycles. The van der Waals surface area contributed by atoms with Crippen LogP contribution in [0.25, 0.3) is 0 Å². The molecule has 0 spiro atoms. The van der Waals surface area contributed by atoms with Crippen molar-refractivity contribution in [2.45, 2.75) is 44.6 Å². The fourth-order valence-corrected chi connectivity index (χ4v) is 6.08. The quantitative estimate of drug-likeness (QED) is 0.859. The van der Waals surface area contributed by atoms with Gasteiger partial charge in [0.25, 0.3) is 0 Å². The number of benzene rings is 1. The minimum Gasteiger partial charge on any atom is -0.375 e. The Labute approximate surface area is 149 Å². The molecule has 4 saturated carbocycles. The first-order valence-electron chi connectivity index (χ1n) is 9.15. The highest BCUT2D eigenvalue weighted by Crippen LogP contribution is 2.60. The lowest BCUT2D eigenvalue weighted by Gasteiger charge is -2.55. The standard InChI is InChI=1S/C20H26ClNO2/c1-24-18(16-4-2-3-5-17(16)21)12-22-19(23)20-9-13-6-14(10-20)8-15(7-13)11-20/h2-5,13-15,18H,6-12H2,1H3,(H,22,23). The Morgan fingerprint density at radius 3 is 2.33 bits per heavy atom. The molecule has 0 aliphatic heterocycles. The van der Waals surface area contributed by atoms with Crippen LogP contribution in [0.1, 0.15) is 50.2 Å². The van der Waals surface area contributed by atoms with E-state index in [2.05, 4.69) is 5.32 Å². The fraction of sp³-hybridized carbons (Fsp3) is 0.650. The monoisotopic (exact) mass is 347 g/mol. The second kappa shape index (κ2) is 6.34. The van der Waals surface area contributed by atoms with Gasteiger partial charge in [0.05, 0.1) is 0 Å². The molecule has 4 heteroatoms. The highest BCUT2D eigenvalue weighted by atomic mass is 35.5. The number of methoxy groups -OCH3 is 1. The summed E-state index contributed by atoms with van der Waals surface area (Å²) in [6, 6.07) is 7.69. The average molecular weight is 348 g/mol. The largest absolute Gasteiger partial charge is 0.375 e. The second-order valence-electron chi connectivity index (χ2n) is 8.15. The number of hydrogen-bond acceptors (Lipinski definition) is 2. The number of ether oxygens (including phenoxy) is 1. The van der Waals surface area contributed by atoms with Crippen LogP contribution in [0.5, 0.6) is 0 Å². The summed E-state index contributed by atoms with van der Waals surface area (Å²) in [7, 11) is 1.67. The molecule has 1 aromatic rings. The molecule has 1 amide bonds. The molecule has 24 heavy (non-hydrogen) atoms. The van der Waals surface area contributed by atoms with Crippen molar-refractivity contribution in [2.75, 3.05) is 13.7 Å². The van der Waals surface area contributed by atoms with Crippen LogP contribution in [0.3, 0.4) is 0 Å². The van der Waals surface area contributed by atoms with E-state index in [1.807, 2.05) is 24.3 Å². The van der Waals surface area contributed by atoms with E-state index in [9.17, 15) is 4.79 Å². The van der Waals surface area contributed by atoms with Crippen LogP contribution < -0.4 is 5.32 Å². The Morgan fingerprint density at radius 2 is 1.79 bits per heavy atom. The third kappa shape index (κ3) is 2.86. The van der Waals surface area contributed by atoms with Crippen molar-refractivity contribution in [3.8, 4) is 0 Å². The van der Waals surface area contributed by atoms with Gasteiger partial charge in [0, 0.05) is 29.7 Å². The van der Waals surface area contributed by atoms with Crippen molar-refractivity contribution < 1.29 is 9.53 Å². The maximum Gasteiger partial charge on any atom is 0.226 e. The summed E-state index contributed by atoms with van der Waals surface area (Å²) in [5.41, 5.74) is 0.834. The van der Waals surface area contributed by atoms with E-state index >= 15 is 0 Å². The van der Waals surface area contributed by atoms with Crippen molar-refractivity contribution in [3.63, 3.8) is 0 Å². The van der Waals surface area contributed by atoms with Gasteiger partial charge in [0.15, 0.2) is 0 Å². The molecular weight excluding hydrogens is 322 g/mol. The van der Waals surface area contributed by atoms with Gasteiger partial charge in [-0.15, -0.1) is 0 Å². The Hall–Kier alpha value is -1.06. The zero-order valence-corrected chi connectivity index (χ0v) is 15.0. The molecule has 0 radical (unpaired) electrons. The molecule has 0 heterocycles. The predicted molar refractivity (Wildman–Crippen MR) is 94.8 cm³/mol. The molecule has 1 aromatic carbocycles. The van der Waals surface area contributed by atoms with Gasteiger partial charge >= 0.3 is 0 Å². The van der Waals surface area contributed by atoms with E-state index < -0.39 is 0 Å². The number of nitrogens with one attached hydrogen (secondary N) is 1. The fourth-order valence-electron chi connectivity index (χ4n) is 5.82. The highest BCUT2D eigenvalue weighted by Gasteiger charge is 2.54. The van der Waals surface area contributed by atoms with Crippen LogP contribution in [-0.2, 0) is 9.53 Å². The van der Waals surface area contributed by atoms with Gasteiger partial charge in [0.2, 0.25) is 5.91 Å². The summed E-state index contributed by atoms with van der Waals surface area (Å²) in [6.07, 6.45) is 7.14. The highest BCUT2D eigenvalue weighted by molar-refractivity contribution is 6.31. The van der Waals surface area contributed by atoms with E-state index in [4.69, 9.17) is 16.3 Å². The van der Waals surface area contributed by atoms with Gasteiger partial charge in [-0.2, -0.15) is 0 Å². The second-order valence-corrected chi connectivity index (χ2v) is 8.56. The van der Waals surface area contributed by atoms with Gasteiger partial charge < -0.3 is 10.1 Å². The van der Waals surface area contributed by atoms with E-state index in [-0.39, 0.29) is 17.4 Å². The molecule has 0 saturated heterocycles. The molecule has 4 bridgehead atoms. The summed E-state index contributed by atoms with van der Waals surface area (Å²) in [4.78, 5) is 13.0. The number of carbonyl (C=O) groups is 1. The van der Waals surface area contributed by atoms with Crippen LogP contribution in [-0.4, -0.2) is 19.6 Å². The molecule has 4 aliphatic rings. The zero-order chi connectivity index (χ0) is 16.7. The van der Waals surface area contributed by atoms with Crippen LogP contribution >= 0.6 is 11.6 Å². The molecule has 1 N–H and O–H groups in total. The molecule has 3 nitrogen and oxygen atoms in total. The van der Waals surface area contributed by atoms with Gasteiger partial charge in [-0.1, -0.05) is 29.8 Å². The van der Waals surface area contributed by atoms with Crippen molar-refractivity contribution in [3.05, 3.63) is 34.9 Å². The van der Waals surface area contributed by atoms with Crippen molar-refractivity contribution in [2.24, 2.45) is 23.2 Å². The number of rotatable bonds is 5. The lowest BCUT2D eigenvalue weighted by molar-refractivity contribution is -0.146. The summed E-state index contributed by atoms with van der Waals surface area (Å²) < 4.78 is 5.59. The van der Waals surface area contributed by atoms with Gasteiger partial charge in [-0.25, -0.2) is 0 Å². The van der Waals surface area contributed by atoms with E-state index in [0.29, 0.717) is 11.6 Å². The first-order chi connectivity index (χ1) is 11.6. The smallest absolute Gasteiger partial charge is 0.226 e. The summed E-state index contributed by atoms with van der Waals surface area (Å²) in [5.74, 6) is 2.59. The van der Waals surface area contributed by atoms with Gasteiger partial charge in [0.1, 0.15) is 6.10 Å². The first kappa shape index (κ1) is 16.4. The molecule has 130 valence electrons. The topological polar surface area (TPSA) is 38.3 Å². The predicted octanol–water partition coefficient (Wildman–Crippen LogP) is 4.36. The number of amides is 1. The lowest BCUT2D eigenvalue weighted by Crippen LogP contribution is -2.54. The third-order valence-corrected chi connectivity index (χ3v) is 6.85. The maximum atomic E-state index is 13.0. The summed E-state index contributed by atoms with van der Waals surface area (Å²) in [5, 5.41) is 3.88. The minimum absolute atomic E-state index is 0.104. The number of halogens is 1. The Balaban J connectivity index is 1.44. The molecule has 1 atom stereocenters. The molecule has 1 unspecified atom stereocenters. The van der Waals surface area contributed by atoms with Crippen molar-refractivity contribution in [1.29, 1.82) is 0 Å². The zero-order valence-electron chi connectivity index (χ0n) is 14.3. The summed E-state index contributed by atoms with van der Waals surface area (Å²) >= 11 is 6.28. The van der Waals surface area contributed by atoms with E-state index in [1.54, 1.807) is 7.11 Å². The molecule has 5 rings (SSSR count). The van der Waals surface area contributed by atoms with Crippen LogP contribution in [0.2, 0.25) is 5.02 Å². The van der Waals surface area contributed by atoms with Crippen LogP contribution in [0, 0.1) is 23.2 Å². The normalized spacial score (nSPS) is 35.0. The van der Waals surface area contributed by atoms with Crippen LogP contribution in [0.4, 0.5) is 0 Å². The van der Waals surface area contributed by atoms with Gasteiger partial charge in [-0.05, 0) is 62.3 Å². The Bertz CT molecular complexity index is 595. The van der Waals surface area contributed by atoms with Gasteiger partial charge in [-0.3, -0.25) is 4.79 Å².